The molecule has 0 spiro atoms. The van der Waals surface area contributed by atoms with Gasteiger partial charge in [0.25, 0.3) is 0 Å². The number of hydrogen-bond acceptors (Lipinski definition) is 5. The summed E-state index contributed by atoms with van der Waals surface area (Å²) in [5.74, 6) is -0.996. The number of nitrogens with zero attached hydrogens (tertiary/aromatic N) is 3. The van der Waals surface area contributed by atoms with Gasteiger partial charge in [-0.1, -0.05) is 6.07 Å². The summed E-state index contributed by atoms with van der Waals surface area (Å²) in [7, 11) is 0. The minimum Gasteiger partial charge on any atom is -0.478 e. The lowest BCUT2D eigenvalue weighted by atomic mass is 10.1. The molecule has 0 aromatic carbocycles. The Morgan fingerprint density at radius 3 is 2.67 bits per heavy atom. The van der Waals surface area contributed by atoms with E-state index in [-0.39, 0.29) is 5.56 Å². The average molecular weight is 261 g/mol. The fourth-order valence-electron chi connectivity index (χ4n) is 1.42. The van der Waals surface area contributed by atoms with Crippen LogP contribution in [0.5, 0.6) is 0 Å². The lowest BCUT2D eigenvalue weighted by Crippen LogP contribution is -2.08. The molecule has 0 aliphatic heterocycles. The number of rotatable bonds is 3. The number of aryl methyl sites for hydroxylation is 1. The SMILES string of the molecule is Cc1nnc(Sc2ccccn2)c(C(=O)O)c1C. The Morgan fingerprint density at radius 2 is 2.06 bits per heavy atom. The molecule has 0 amide bonds. The number of aromatic carboxylic acids is 1. The van der Waals surface area contributed by atoms with Crippen LogP contribution in [-0.4, -0.2) is 26.3 Å². The third-order valence-electron chi connectivity index (χ3n) is 2.48. The molecule has 0 saturated heterocycles. The van der Waals surface area contributed by atoms with Gasteiger partial charge in [0, 0.05) is 6.20 Å². The molecule has 18 heavy (non-hydrogen) atoms. The summed E-state index contributed by atoms with van der Waals surface area (Å²) in [5, 5.41) is 18.2. The predicted molar refractivity (Wildman–Crippen MR) is 66.8 cm³/mol. The molecule has 0 fully saturated rings. The standard InChI is InChI=1S/C12H11N3O2S/c1-7-8(2)14-15-11(10(7)12(16)17)18-9-5-3-4-6-13-9/h3-6H,1-2H3,(H,16,17). The summed E-state index contributed by atoms with van der Waals surface area (Å²) in [5.41, 5.74) is 1.45. The lowest BCUT2D eigenvalue weighted by Gasteiger charge is -2.08. The van der Waals surface area contributed by atoms with Crippen molar-refractivity contribution in [3.8, 4) is 0 Å². The van der Waals surface area contributed by atoms with E-state index in [4.69, 9.17) is 0 Å². The van der Waals surface area contributed by atoms with E-state index in [1.807, 2.05) is 6.07 Å². The minimum absolute atomic E-state index is 0.193. The van der Waals surface area contributed by atoms with Crippen molar-refractivity contribution in [1.82, 2.24) is 15.2 Å². The van der Waals surface area contributed by atoms with Gasteiger partial charge in [0.05, 0.1) is 11.3 Å². The molecular weight excluding hydrogens is 250 g/mol. The predicted octanol–water partition coefficient (Wildman–Crippen LogP) is 2.34. The molecule has 2 heterocycles. The smallest absolute Gasteiger partial charge is 0.338 e. The molecule has 2 rings (SSSR count). The largest absolute Gasteiger partial charge is 0.478 e. The Hall–Kier alpha value is -1.95. The van der Waals surface area contributed by atoms with Gasteiger partial charge in [-0.3, -0.25) is 0 Å². The normalized spacial score (nSPS) is 10.3. The van der Waals surface area contributed by atoms with E-state index in [9.17, 15) is 9.90 Å². The van der Waals surface area contributed by atoms with Gasteiger partial charge in [-0.15, -0.1) is 5.10 Å². The van der Waals surface area contributed by atoms with E-state index >= 15 is 0 Å². The van der Waals surface area contributed by atoms with Crippen molar-refractivity contribution < 1.29 is 9.90 Å². The van der Waals surface area contributed by atoms with Crippen LogP contribution in [0.2, 0.25) is 0 Å². The Morgan fingerprint density at radius 1 is 1.28 bits per heavy atom. The van der Waals surface area contributed by atoms with E-state index in [2.05, 4.69) is 15.2 Å². The first-order chi connectivity index (χ1) is 8.59. The molecule has 92 valence electrons. The van der Waals surface area contributed by atoms with Crippen molar-refractivity contribution in [2.45, 2.75) is 23.9 Å². The second-order valence-corrected chi connectivity index (χ2v) is 4.67. The summed E-state index contributed by atoms with van der Waals surface area (Å²) >= 11 is 1.20. The van der Waals surface area contributed by atoms with E-state index in [1.165, 1.54) is 11.8 Å². The maximum Gasteiger partial charge on any atom is 0.338 e. The van der Waals surface area contributed by atoms with Crippen LogP contribution in [0, 0.1) is 13.8 Å². The zero-order valence-electron chi connectivity index (χ0n) is 9.91. The number of pyridine rings is 1. The number of hydrogen-bond donors (Lipinski definition) is 1. The van der Waals surface area contributed by atoms with E-state index in [0.29, 0.717) is 21.3 Å². The highest BCUT2D eigenvalue weighted by Crippen LogP contribution is 2.28. The Kier molecular flexibility index (Phi) is 3.57. The number of aromatic nitrogens is 3. The second kappa shape index (κ2) is 5.14. The van der Waals surface area contributed by atoms with Gasteiger partial charge in [-0.05, 0) is 43.3 Å². The molecule has 0 radical (unpaired) electrons. The van der Waals surface area contributed by atoms with Crippen molar-refractivity contribution in [2.24, 2.45) is 0 Å². The zero-order chi connectivity index (χ0) is 13.1. The van der Waals surface area contributed by atoms with Crippen LogP contribution in [0.15, 0.2) is 34.4 Å². The number of carbonyl (C=O) groups is 1. The van der Waals surface area contributed by atoms with Crippen molar-refractivity contribution in [1.29, 1.82) is 0 Å². The van der Waals surface area contributed by atoms with Crippen LogP contribution in [0.25, 0.3) is 0 Å². The van der Waals surface area contributed by atoms with Crippen molar-refractivity contribution in [3.63, 3.8) is 0 Å². The maximum absolute atomic E-state index is 11.3. The topological polar surface area (TPSA) is 76.0 Å². The van der Waals surface area contributed by atoms with E-state index in [0.717, 1.165) is 0 Å². The van der Waals surface area contributed by atoms with E-state index in [1.54, 1.807) is 32.2 Å². The molecule has 0 aliphatic carbocycles. The van der Waals surface area contributed by atoms with Gasteiger partial charge in [0.1, 0.15) is 10.1 Å². The summed E-state index contributed by atoms with van der Waals surface area (Å²) in [4.78, 5) is 15.4. The molecule has 0 aliphatic rings. The molecular formula is C12H11N3O2S. The quantitative estimate of drug-likeness (QED) is 0.913. The fraction of sp³-hybridized carbons (Fsp3) is 0.167. The van der Waals surface area contributed by atoms with Gasteiger partial charge in [-0.2, -0.15) is 5.10 Å². The van der Waals surface area contributed by atoms with Crippen molar-refractivity contribution in [3.05, 3.63) is 41.2 Å². The van der Waals surface area contributed by atoms with Crippen LogP contribution in [0.4, 0.5) is 0 Å². The molecule has 0 atom stereocenters. The monoisotopic (exact) mass is 261 g/mol. The third kappa shape index (κ3) is 2.48. The van der Waals surface area contributed by atoms with Crippen molar-refractivity contribution in [2.75, 3.05) is 0 Å². The molecule has 0 bridgehead atoms. The van der Waals surface area contributed by atoms with Gasteiger partial charge >= 0.3 is 5.97 Å². The van der Waals surface area contributed by atoms with Crippen molar-refractivity contribution >= 4 is 17.7 Å². The highest BCUT2D eigenvalue weighted by molar-refractivity contribution is 7.99. The Labute approximate surface area is 108 Å². The summed E-state index contributed by atoms with van der Waals surface area (Å²) in [6.45, 7) is 3.47. The number of carboxylic acids is 1. The van der Waals surface area contributed by atoms with Gasteiger partial charge in [0.15, 0.2) is 0 Å². The number of carboxylic acid groups (broad SMARTS) is 1. The maximum atomic E-state index is 11.3. The molecule has 1 N–H and O–H groups in total. The Balaban J connectivity index is 2.45. The average Bonchev–Trinajstić information content (AvgIpc) is 2.35. The molecule has 6 heteroatoms. The van der Waals surface area contributed by atoms with Gasteiger partial charge < -0.3 is 5.11 Å². The van der Waals surface area contributed by atoms with Crippen LogP contribution in [0.1, 0.15) is 21.6 Å². The molecule has 0 unspecified atom stereocenters. The highest BCUT2D eigenvalue weighted by Gasteiger charge is 2.18. The first-order valence-electron chi connectivity index (χ1n) is 5.25. The van der Waals surface area contributed by atoms with Gasteiger partial charge in [0.2, 0.25) is 0 Å². The zero-order valence-corrected chi connectivity index (χ0v) is 10.7. The van der Waals surface area contributed by atoms with Crippen LogP contribution in [-0.2, 0) is 0 Å². The van der Waals surface area contributed by atoms with Gasteiger partial charge in [-0.25, -0.2) is 9.78 Å². The molecule has 5 nitrogen and oxygen atoms in total. The molecule has 2 aromatic rings. The fourth-order valence-corrected chi connectivity index (χ4v) is 2.30. The second-order valence-electron chi connectivity index (χ2n) is 3.67. The lowest BCUT2D eigenvalue weighted by molar-refractivity contribution is 0.0690. The minimum atomic E-state index is -0.996. The van der Waals surface area contributed by atoms with Crippen LogP contribution < -0.4 is 0 Å². The summed E-state index contributed by atoms with van der Waals surface area (Å²) < 4.78 is 0. The first-order valence-corrected chi connectivity index (χ1v) is 6.07. The summed E-state index contributed by atoms with van der Waals surface area (Å²) in [6.07, 6.45) is 1.65. The Bertz CT molecular complexity index is 587. The first kappa shape index (κ1) is 12.5. The summed E-state index contributed by atoms with van der Waals surface area (Å²) in [6, 6.07) is 5.44. The van der Waals surface area contributed by atoms with E-state index < -0.39 is 5.97 Å². The van der Waals surface area contributed by atoms with Crippen LogP contribution in [0.3, 0.4) is 0 Å². The highest BCUT2D eigenvalue weighted by atomic mass is 32.2. The van der Waals surface area contributed by atoms with Crippen LogP contribution >= 0.6 is 11.8 Å². The molecule has 0 saturated carbocycles. The molecule has 2 aromatic heterocycles. The third-order valence-corrected chi connectivity index (χ3v) is 3.41.